The lowest BCUT2D eigenvalue weighted by molar-refractivity contribution is -0.144. The van der Waals surface area contributed by atoms with E-state index in [1.54, 1.807) is 24.5 Å². The summed E-state index contributed by atoms with van der Waals surface area (Å²) in [6, 6.07) is 13.3. The molecule has 0 amide bonds. The van der Waals surface area contributed by atoms with Gasteiger partial charge in [-0.3, -0.25) is 4.79 Å². The van der Waals surface area contributed by atoms with Gasteiger partial charge in [-0.05, 0) is 38.1 Å². The maximum atomic E-state index is 12.1. The second kappa shape index (κ2) is 7.40. The van der Waals surface area contributed by atoms with Crippen molar-refractivity contribution >= 4 is 17.7 Å². The Labute approximate surface area is 144 Å². The monoisotopic (exact) mass is 343 g/mol. The summed E-state index contributed by atoms with van der Waals surface area (Å²) in [7, 11) is 0. The minimum atomic E-state index is -0.302. The smallest absolute Gasteiger partial charge is 0.319 e. The molecule has 24 heavy (non-hydrogen) atoms. The van der Waals surface area contributed by atoms with Crippen molar-refractivity contribution in [3.05, 3.63) is 60.0 Å². The number of hydrogen-bond donors (Lipinski definition) is 0. The van der Waals surface area contributed by atoms with Crippen molar-refractivity contribution in [1.29, 1.82) is 0 Å². The fourth-order valence-corrected chi connectivity index (χ4v) is 2.91. The standard InChI is InChI=1S/C18H17NO4S/c1-12-5-7-15(8-6-12)24-13(2)18(20)22-11-14-10-17(23-19-14)16-4-3-9-21-16/h3-10,13H,11H2,1-2H3/t13-/m1/s1. The lowest BCUT2D eigenvalue weighted by atomic mass is 10.2. The molecule has 0 radical (unpaired) electrons. The third-order valence-corrected chi connectivity index (χ3v) is 4.44. The fraction of sp³-hybridized carbons (Fsp3) is 0.222. The third kappa shape index (κ3) is 4.08. The van der Waals surface area contributed by atoms with Gasteiger partial charge in [0.05, 0.1) is 6.26 Å². The van der Waals surface area contributed by atoms with Crippen LogP contribution in [-0.4, -0.2) is 16.4 Å². The van der Waals surface area contributed by atoms with Crippen LogP contribution in [0.4, 0.5) is 0 Å². The van der Waals surface area contributed by atoms with Gasteiger partial charge in [0.1, 0.15) is 17.6 Å². The first-order valence-corrected chi connectivity index (χ1v) is 8.39. The number of hydrogen-bond acceptors (Lipinski definition) is 6. The number of carbonyl (C=O) groups is 1. The van der Waals surface area contributed by atoms with Gasteiger partial charge in [0.2, 0.25) is 5.76 Å². The molecule has 0 bridgehead atoms. The summed E-state index contributed by atoms with van der Waals surface area (Å²) in [6.07, 6.45) is 1.56. The average molecular weight is 343 g/mol. The van der Waals surface area contributed by atoms with E-state index >= 15 is 0 Å². The van der Waals surface area contributed by atoms with Crippen LogP contribution in [0.3, 0.4) is 0 Å². The van der Waals surface area contributed by atoms with Gasteiger partial charge in [-0.15, -0.1) is 11.8 Å². The predicted octanol–water partition coefficient (Wildman–Crippen LogP) is 4.47. The quantitative estimate of drug-likeness (QED) is 0.486. The molecule has 5 nitrogen and oxygen atoms in total. The van der Waals surface area contributed by atoms with Crippen LogP contribution in [0.15, 0.2) is 62.6 Å². The van der Waals surface area contributed by atoms with Gasteiger partial charge >= 0.3 is 5.97 Å². The van der Waals surface area contributed by atoms with Crippen LogP contribution in [0.1, 0.15) is 18.2 Å². The zero-order valence-corrected chi connectivity index (χ0v) is 14.2. The molecule has 0 unspecified atom stereocenters. The number of furan rings is 1. The number of benzene rings is 1. The van der Waals surface area contributed by atoms with Crippen molar-refractivity contribution in [2.45, 2.75) is 30.6 Å². The number of nitrogens with zero attached hydrogens (tertiary/aromatic N) is 1. The van der Waals surface area contributed by atoms with Gasteiger partial charge in [-0.1, -0.05) is 22.9 Å². The maximum absolute atomic E-state index is 12.1. The van der Waals surface area contributed by atoms with Crippen molar-refractivity contribution in [3.8, 4) is 11.5 Å². The zero-order valence-electron chi connectivity index (χ0n) is 13.4. The van der Waals surface area contributed by atoms with Gasteiger partial charge in [-0.25, -0.2) is 0 Å². The number of aryl methyl sites for hydroxylation is 1. The number of aromatic nitrogens is 1. The van der Waals surface area contributed by atoms with E-state index in [0.717, 1.165) is 4.90 Å². The summed E-state index contributed by atoms with van der Waals surface area (Å²) in [5.41, 5.74) is 1.73. The Balaban J connectivity index is 1.52. The highest BCUT2D eigenvalue weighted by atomic mass is 32.2. The molecule has 2 aromatic heterocycles. The molecule has 0 saturated carbocycles. The highest BCUT2D eigenvalue weighted by molar-refractivity contribution is 8.00. The molecule has 0 fully saturated rings. The Bertz CT molecular complexity index is 793. The summed E-state index contributed by atoms with van der Waals surface area (Å²) < 4.78 is 15.7. The number of ether oxygens (including phenoxy) is 1. The molecule has 0 N–H and O–H groups in total. The summed E-state index contributed by atoms with van der Waals surface area (Å²) in [5.74, 6) is 0.805. The molecule has 0 spiro atoms. The molecule has 0 aliphatic carbocycles. The summed E-state index contributed by atoms with van der Waals surface area (Å²) in [4.78, 5) is 13.1. The van der Waals surface area contributed by atoms with Gasteiger partial charge in [0.15, 0.2) is 5.76 Å². The first-order valence-electron chi connectivity index (χ1n) is 7.51. The highest BCUT2D eigenvalue weighted by Crippen LogP contribution is 2.25. The Hall–Kier alpha value is -2.47. The molecule has 6 heteroatoms. The molecule has 3 aromatic rings. The molecule has 2 heterocycles. The Morgan fingerprint density at radius 1 is 1.25 bits per heavy atom. The normalized spacial score (nSPS) is 12.1. The Morgan fingerprint density at radius 3 is 2.75 bits per heavy atom. The number of esters is 1. The van der Waals surface area contributed by atoms with E-state index in [1.165, 1.54) is 17.3 Å². The van der Waals surface area contributed by atoms with Crippen molar-refractivity contribution in [2.75, 3.05) is 0 Å². The van der Waals surface area contributed by atoms with Crippen molar-refractivity contribution in [1.82, 2.24) is 5.16 Å². The van der Waals surface area contributed by atoms with E-state index in [2.05, 4.69) is 5.16 Å². The molecule has 0 aliphatic heterocycles. The van der Waals surface area contributed by atoms with Crippen molar-refractivity contribution < 1.29 is 18.5 Å². The van der Waals surface area contributed by atoms with Gasteiger partial charge in [0.25, 0.3) is 0 Å². The van der Waals surface area contributed by atoms with Crippen LogP contribution in [0.5, 0.6) is 0 Å². The second-order valence-electron chi connectivity index (χ2n) is 5.34. The van der Waals surface area contributed by atoms with Crippen LogP contribution in [-0.2, 0) is 16.1 Å². The Kier molecular flexibility index (Phi) is 5.05. The second-order valence-corrected chi connectivity index (χ2v) is 6.75. The van der Waals surface area contributed by atoms with E-state index in [0.29, 0.717) is 17.2 Å². The fourth-order valence-electron chi connectivity index (χ4n) is 2.05. The van der Waals surface area contributed by atoms with Crippen LogP contribution in [0, 0.1) is 6.92 Å². The maximum Gasteiger partial charge on any atom is 0.319 e. The largest absolute Gasteiger partial charge is 0.461 e. The zero-order chi connectivity index (χ0) is 16.9. The molecule has 0 saturated heterocycles. The first kappa shape index (κ1) is 16.4. The molecule has 124 valence electrons. The van der Waals surface area contributed by atoms with E-state index < -0.39 is 0 Å². The van der Waals surface area contributed by atoms with Crippen molar-refractivity contribution in [3.63, 3.8) is 0 Å². The first-order chi connectivity index (χ1) is 11.6. The van der Waals surface area contributed by atoms with Gasteiger partial charge in [-0.2, -0.15) is 0 Å². The lowest BCUT2D eigenvalue weighted by Gasteiger charge is -2.10. The van der Waals surface area contributed by atoms with Crippen LogP contribution >= 0.6 is 11.8 Å². The van der Waals surface area contributed by atoms with E-state index in [9.17, 15) is 4.79 Å². The lowest BCUT2D eigenvalue weighted by Crippen LogP contribution is -2.16. The Morgan fingerprint density at radius 2 is 2.04 bits per heavy atom. The van der Waals surface area contributed by atoms with Crippen LogP contribution in [0.25, 0.3) is 11.5 Å². The molecule has 1 atom stereocenters. The highest BCUT2D eigenvalue weighted by Gasteiger charge is 2.17. The predicted molar refractivity (Wildman–Crippen MR) is 90.5 cm³/mol. The van der Waals surface area contributed by atoms with Crippen LogP contribution in [0.2, 0.25) is 0 Å². The molecule has 0 aliphatic rings. The third-order valence-electron chi connectivity index (χ3n) is 3.35. The van der Waals surface area contributed by atoms with Crippen molar-refractivity contribution in [2.24, 2.45) is 0 Å². The van der Waals surface area contributed by atoms with E-state index in [1.807, 2.05) is 38.1 Å². The van der Waals surface area contributed by atoms with Gasteiger partial charge < -0.3 is 13.7 Å². The van der Waals surface area contributed by atoms with E-state index in [4.69, 9.17) is 13.7 Å². The minimum Gasteiger partial charge on any atom is -0.461 e. The molecule has 1 aromatic carbocycles. The van der Waals surface area contributed by atoms with E-state index in [-0.39, 0.29) is 17.8 Å². The number of thioether (sulfide) groups is 1. The average Bonchev–Trinajstić information content (AvgIpc) is 3.25. The van der Waals surface area contributed by atoms with Crippen LogP contribution < -0.4 is 0 Å². The van der Waals surface area contributed by atoms with Gasteiger partial charge in [0, 0.05) is 11.0 Å². The molecular weight excluding hydrogens is 326 g/mol. The number of rotatable bonds is 6. The minimum absolute atomic E-state index is 0.0713. The topological polar surface area (TPSA) is 65.5 Å². The summed E-state index contributed by atoms with van der Waals surface area (Å²) in [5, 5.41) is 3.58. The number of carbonyl (C=O) groups excluding carboxylic acids is 1. The summed E-state index contributed by atoms with van der Waals surface area (Å²) >= 11 is 1.47. The SMILES string of the molecule is Cc1ccc(S[C@H](C)C(=O)OCc2cc(-c3ccco3)on2)cc1. The summed E-state index contributed by atoms with van der Waals surface area (Å²) in [6.45, 7) is 3.92. The molecular formula is C18H17NO4S. The molecule has 3 rings (SSSR count).